The largest absolute Gasteiger partial charge is 0.370 e. The summed E-state index contributed by atoms with van der Waals surface area (Å²) in [6.07, 6.45) is 0.779. The van der Waals surface area contributed by atoms with Crippen molar-refractivity contribution in [1.82, 2.24) is 10.1 Å². The maximum absolute atomic E-state index is 5.62. The van der Waals surface area contributed by atoms with E-state index in [0.717, 1.165) is 6.42 Å². The van der Waals surface area contributed by atoms with Crippen molar-refractivity contribution < 1.29 is 9.26 Å². The van der Waals surface area contributed by atoms with E-state index in [9.17, 15) is 0 Å². The number of nitrogens with two attached hydrogens (primary N) is 1. The lowest BCUT2D eigenvalue weighted by molar-refractivity contribution is -0.0106. The third-order valence-corrected chi connectivity index (χ3v) is 2.43. The molecule has 1 aromatic rings. The van der Waals surface area contributed by atoms with E-state index in [4.69, 9.17) is 15.0 Å². The molecule has 80 valence electrons. The maximum atomic E-state index is 5.62. The van der Waals surface area contributed by atoms with E-state index in [1.807, 2.05) is 13.8 Å². The van der Waals surface area contributed by atoms with Gasteiger partial charge < -0.3 is 15.0 Å². The van der Waals surface area contributed by atoms with Crippen LogP contribution < -0.4 is 5.73 Å². The van der Waals surface area contributed by atoms with Gasteiger partial charge in [-0.15, -0.1) is 0 Å². The first-order valence-corrected chi connectivity index (χ1v) is 4.68. The van der Waals surface area contributed by atoms with Crippen LogP contribution in [0.25, 0.3) is 0 Å². The molecule has 1 aromatic heterocycles. The van der Waals surface area contributed by atoms with Crippen LogP contribution >= 0.6 is 0 Å². The Kier molecular flexibility index (Phi) is 3.23. The van der Waals surface area contributed by atoms with Gasteiger partial charge in [-0.1, -0.05) is 12.1 Å². The molecule has 5 nitrogen and oxygen atoms in total. The normalized spacial score (nSPS) is 17.8. The SMILES string of the molecule is CCC(C)(OC)c1noc(C(C)N)n1. The summed E-state index contributed by atoms with van der Waals surface area (Å²) in [5, 5.41) is 3.86. The monoisotopic (exact) mass is 199 g/mol. The molecule has 0 aliphatic heterocycles. The average Bonchev–Trinajstić information content (AvgIpc) is 2.66. The van der Waals surface area contributed by atoms with Crippen LogP contribution in [0.4, 0.5) is 0 Å². The number of hydrogen-bond donors (Lipinski definition) is 1. The molecule has 2 N–H and O–H groups in total. The highest BCUT2D eigenvalue weighted by Gasteiger charge is 2.30. The van der Waals surface area contributed by atoms with Crippen molar-refractivity contribution in [1.29, 1.82) is 0 Å². The van der Waals surface area contributed by atoms with E-state index in [2.05, 4.69) is 10.1 Å². The van der Waals surface area contributed by atoms with Gasteiger partial charge in [-0.2, -0.15) is 4.98 Å². The van der Waals surface area contributed by atoms with Crippen LogP contribution in [0.15, 0.2) is 4.52 Å². The van der Waals surface area contributed by atoms with Crippen molar-refractivity contribution in [2.75, 3.05) is 7.11 Å². The lowest BCUT2D eigenvalue weighted by Gasteiger charge is -2.21. The van der Waals surface area contributed by atoms with Crippen molar-refractivity contribution >= 4 is 0 Å². The quantitative estimate of drug-likeness (QED) is 0.792. The molecular formula is C9H17N3O2. The molecule has 0 fully saturated rings. The van der Waals surface area contributed by atoms with Gasteiger partial charge in [-0.25, -0.2) is 0 Å². The number of aromatic nitrogens is 2. The highest BCUT2D eigenvalue weighted by molar-refractivity contribution is 5.00. The maximum Gasteiger partial charge on any atom is 0.243 e. The van der Waals surface area contributed by atoms with E-state index >= 15 is 0 Å². The van der Waals surface area contributed by atoms with Crippen LogP contribution in [0.1, 0.15) is 44.9 Å². The van der Waals surface area contributed by atoms with E-state index in [1.165, 1.54) is 0 Å². The summed E-state index contributed by atoms with van der Waals surface area (Å²) in [6.45, 7) is 5.72. The van der Waals surface area contributed by atoms with E-state index in [0.29, 0.717) is 11.7 Å². The predicted octanol–water partition coefficient (Wildman–Crippen LogP) is 1.36. The second-order valence-electron chi connectivity index (χ2n) is 3.53. The Balaban J connectivity index is 2.95. The molecule has 0 saturated carbocycles. The lowest BCUT2D eigenvalue weighted by Crippen LogP contribution is -2.25. The summed E-state index contributed by atoms with van der Waals surface area (Å²) < 4.78 is 10.4. The summed E-state index contributed by atoms with van der Waals surface area (Å²) in [5.74, 6) is 0.992. The Morgan fingerprint density at radius 2 is 2.29 bits per heavy atom. The van der Waals surface area contributed by atoms with Crippen LogP contribution in [-0.2, 0) is 10.3 Å². The van der Waals surface area contributed by atoms with Gasteiger partial charge in [-0.3, -0.25) is 0 Å². The zero-order valence-corrected chi connectivity index (χ0v) is 9.07. The fraction of sp³-hybridized carbons (Fsp3) is 0.778. The number of hydrogen-bond acceptors (Lipinski definition) is 5. The second kappa shape index (κ2) is 4.06. The summed E-state index contributed by atoms with van der Waals surface area (Å²) in [4.78, 5) is 4.20. The van der Waals surface area contributed by atoms with Gasteiger partial charge in [0.15, 0.2) is 0 Å². The smallest absolute Gasteiger partial charge is 0.243 e. The lowest BCUT2D eigenvalue weighted by atomic mass is 10.0. The molecule has 0 amide bonds. The summed E-state index contributed by atoms with van der Waals surface area (Å²) in [6, 6.07) is -0.241. The zero-order valence-electron chi connectivity index (χ0n) is 9.07. The molecule has 1 rings (SSSR count). The van der Waals surface area contributed by atoms with Gasteiger partial charge in [-0.05, 0) is 20.3 Å². The van der Waals surface area contributed by atoms with Gasteiger partial charge in [0, 0.05) is 7.11 Å². The summed E-state index contributed by atoms with van der Waals surface area (Å²) in [5.41, 5.74) is 5.13. The third kappa shape index (κ3) is 1.93. The Morgan fingerprint density at radius 1 is 1.64 bits per heavy atom. The Hall–Kier alpha value is -0.940. The highest BCUT2D eigenvalue weighted by Crippen LogP contribution is 2.25. The van der Waals surface area contributed by atoms with E-state index < -0.39 is 5.60 Å². The number of nitrogens with zero attached hydrogens (tertiary/aromatic N) is 2. The standard InChI is InChI=1S/C9H17N3O2/c1-5-9(3,13-4)8-11-7(6(2)10)14-12-8/h6H,5,10H2,1-4H3. The molecule has 0 radical (unpaired) electrons. The molecule has 0 aliphatic carbocycles. The second-order valence-corrected chi connectivity index (χ2v) is 3.53. The fourth-order valence-electron chi connectivity index (χ4n) is 1.03. The molecule has 14 heavy (non-hydrogen) atoms. The zero-order chi connectivity index (χ0) is 10.8. The van der Waals surface area contributed by atoms with Crippen LogP contribution in [0.3, 0.4) is 0 Å². The van der Waals surface area contributed by atoms with Crippen molar-refractivity contribution in [3.63, 3.8) is 0 Å². The Morgan fingerprint density at radius 3 is 2.64 bits per heavy atom. The van der Waals surface area contributed by atoms with Crippen molar-refractivity contribution in [2.24, 2.45) is 5.73 Å². The van der Waals surface area contributed by atoms with Gasteiger partial charge in [0.25, 0.3) is 0 Å². The topological polar surface area (TPSA) is 74.2 Å². The number of methoxy groups -OCH3 is 1. The average molecular weight is 199 g/mol. The van der Waals surface area contributed by atoms with Gasteiger partial charge >= 0.3 is 0 Å². The minimum atomic E-state index is -0.489. The molecule has 0 bridgehead atoms. The van der Waals surface area contributed by atoms with Crippen molar-refractivity contribution in [2.45, 2.75) is 38.8 Å². The third-order valence-electron chi connectivity index (χ3n) is 2.43. The first-order valence-electron chi connectivity index (χ1n) is 4.68. The minimum absolute atomic E-state index is 0.241. The first-order chi connectivity index (χ1) is 6.53. The first kappa shape index (κ1) is 11.1. The molecule has 1 heterocycles. The molecule has 0 spiro atoms. The Bertz CT molecular complexity index is 292. The Labute approximate surface area is 83.6 Å². The molecule has 5 heteroatoms. The fourth-order valence-corrected chi connectivity index (χ4v) is 1.03. The highest BCUT2D eigenvalue weighted by atomic mass is 16.5. The van der Waals surface area contributed by atoms with Crippen LogP contribution in [0.2, 0.25) is 0 Å². The van der Waals surface area contributed by atoms with Crippen LogP contribution in [-0.4, -0.2) is 17.3 Å². The van der Waals surface area contributed by atoms with Crippen molar-refractivity contribution in [3.05, 3.63) is 11.7 Å². The molecule has 2 unspecified atom stereocenters. The van der Waals surface area contributed by atoms with Gasteiger partial charge in [0.2, 0.25) is 11.7 Å². The van der Waals surface area contributed by atoms with Crippen LogP contribution in [0, 0.1) is 0 Å². The molecule has 0 aliphatic rings. The van der Waals surface area contributed by atoms with Crippen LogP contribution in [0.5, 0.6) is 0 Å². The van der Waals surface area contributed by atoms with E-state index in [-0.39, 0.29) is 6.04 Å². The molecule has 0 aromatic carbocycles. The number of ether oxygens (including phenoxy) is 1. The molecular weight excluding hydrogens is 182 g/mol. The minimum Gasteiger partial charge on any atom is -0.370 e. The van der Waals surface area contributed by atoms with Crippen molar-refractivity contribution in [3.8, 4) is 0 Å². The summed E-state index contributed by atoms with van der Waals surface area (Å²) >= 11 is 0. The van der Waals surface area contributed by atoms with Gasteiger partial charge in [0.05, 0.1) is 6.04 Å². The van der Waals surface area contributed by atoms with Gasteiger partial charge in [0.1, 0.15) is 5.60 Å². The number of rotatable bonds is 4. The predicted molar refractivity (Wildman–Crippen MR) is 51.6 cm³/mol. The van der Waals surface area contributed by atoms with E-state index in [1.54, 1.807) is 14.0 Å². The summed E-state index contributed by atoms with van der Waals surface area (Å²) in [7, 11) is 1.63. The molecule has 2 atom stereocenters. The molecule has 0 saturated heterocycles.